The Kier molecular flexibility index (Phi) is 4.71. The molecule has 0 radical (unpaired) electrons. The first-order valence-electron chi connectivity index (χ1n) is 7.66. The van der Waals surface area contributed by atoms with Crippen molar-refractivity contribution in [1.29, 1.82) is 0 Å². The van der Waals surface area contributed by atoms with Crippen molar-refractivity contribution in [3.8, 4) is 0 Å². The van der Waals surface area contributed by atoms with Crippen LogP contribution in [0.3, 0.4) is 0 Å². The van der Waals surface area contributed by atoms with Crippen LogP contribution in [0.4, 0.5) is 0 Å². The molecular weight excluding hydrogens is 350 g/mol. The summed E-state index contributed by atoms with van der Waals surface area (Å²) in [4.78, 5) is 48.6. The van der Waals surface area contributed by atoms with Gasteiger partial charge in [-0.2, -0.15) is 0 Å². The summed E-state index contributed by atoms with van der Waals surface area (Å²) in [6.45, 7) is 1.36. The van der Waals surface area contributed by atoms with Crippen molar-refractivity contribution < 1.29 is 28.3 Å². The number of nitrogens with one attached hydrogen (secondary N) is 2. The lowest BCUT2D eigenvalue weighted by Gasteiger charge is -2.29. The summed E-state index contributed by atoms with van der Waals surface area (Å²) in [5.74, 6) is -1.56. The molecule has 0 unspecified atom stereocenters. The highest BCUT2D eigenvalue weighted by atomic mass is 32.2. The fourth-order valence-corrected chi connectivity index (χ4v) is 4.28. The first-order valence-corrected chi connectivity index (χ1v) is 8.65. The van der Waals surface area contributed by atoms with Gasteiger partial charge in [-0.05, 0) is 25.5 Å². The largest absolute Gasteiger partial charge is 0.459 e. The first kappa shape index (κ1) is 17.3. The van der Waals surface area contributed by atoms with Gasteiger partial charge in [-0.15, -0.1) is 11.8 Å². The molecule has 25 heavy (non-hydrogen) atoms. The van der Waals surface area contributed by atoms with Crippen LogP contribution >= 0.6 is 11.8 Å². The number of nitrogens with zero attached hydrogens (tertiary/aromatic N) is 1. The van der Waals surface area contributed by atoms with Crippen LogP contribution in [0.15, 0.2) is 22.8 Å². The van der Waals surface area contributed by atoms with Crippen molar-refractivity contribution in [3.63, 3.8) is 0 Å². The zero-order chi connectivity index (χ0) is 18.0. The zero-order valence-corrected chi connectivity index (χ0v) is 14.3. The maximum atomic E-state index is 12.2. The fourth-order valence-electron chi connectivity index (χ4n) is 2.86. The molecule has 3 rings (SSSR count). The summed E-state index contributed by atoms with van der Waals surface area (Å²) in [6.07, 6.45) is 2.43. The molecule has 9 nitrogen and oxygen atoms in total. The molecule has 2 aliphatic heterocycles. The minimum atomic E-state index is -0.700. The second kappa shape index (κ2) is 6.79. The van der Waals surface area contributed by atoms with Gasteiger partial charge in [0, 0.05) is 12.2 Å². The van der Waals surface area contributed by atoms with E-state index in [2.05, 4.69) is 10.9 Å². The minimum absolute atomic E-state index is 0.0344. The first-order chi connectivity index (χ1) is 11.9. The summed E-state index contributed by atoms with van der Waals surface area (Å²) in [5.41, 5.74) is 4.25. The van der Waals surface area contributed by atoms with Crippen molar-refractivity contribution >= 4 is 35.5 Å². The van der Waals surface area contributed by atoms with Crippen LogP contribution in [-0.4, -0.2) is 51.9 Å². The van der Waals surface area contributed by atoms with Crippen LogP contribution in [0.5, 0.6) is 0 Å². The highest BCUT2D eigenvalue weighted by Gasteiger charge is 2.53. The Morgan fingerprint density at radius 1 is 1.44 bits per heavy atom. The van der Waals surface area contributed by atoms with Crippen LogP contribution in [0.25, 0.3) is 0 Å². The van der Waals surface area contributed by atoms with Gasteiger partial charge in [0.15, 0.2) is 12.4 Å². The van der Waals surface area contributed by atoms with Gasteiger partial charge in [0.25, 0.3) is 5.91 Å². The fraction of sp³-hybridized carbons (Fsp3) is 0.467. The van der Waals surface area contributed by atoms with Gasteiger partial charge < -0.3 is 14.1 Å². The van der Waals surface area contributed by atoms with Gasteiger partial charge in [0.05, 0.1) is 11.1 Å². The number of hydrazine groups is 1. The topological polar surface area (TPSA) is 118 Å². The molecule has 0 saturated carbocycles. The zero-order valence-electron chi connectivity index (χ0n) is 13.4. The molecule has 2 fully saturated rings. The number of carbonyl (C=O) groups excluding carboxylic acids is 4. The van der Waals surface area contributed by atoms with E-state index in [0.29, 0.717) is 18.6 Å². The lowest BCUT2D eigenvalue weighted by Crippen LogP contribution is -2.48. The Morgan fingerprint density at radius 3 is 2.96 bits per heavy atom. The number of fused-ring (bicyclic) bond motifs is 1. The second-order valence-electron chi connectivity index (χ2n) is 5.85. The maximum absolute atomic E-state index is 12.2. The number of ether oxygens (including phenoxy) is 1. The molecule has 3 amide bonds. The molecule has 2 N–H and O–H groups in total. The predicted molar refractivity (Wildman–Crippen MR) is 86.0 cm³/mol. The molecule has 0 aliphatic carbocycles. The van der Waals surface area contributed by atoms with E-state index in [9.17, 15) is 19.2 Å². The number of thioether (sulfide) groups is 1. The Hall–Kier alpha value is -2.49. The summed E-state index contributed by atoms with van der Waals surface area (Å²) in [6, 6.07) is 2.28. The number of hydrogen-bond donors (Lipinski definition) is 2. The normalized spacial score (nSPS) is 24.8. The molecule has 2 atom stereocenters. The van der Waals surface area contributed by atoms with E-state index < -0.39 is 30.4 Å². The van der Waals surface area contributed by atoms with Crippen molar-refractivity contribution in [2.75, 3.05) is 12.4 Å². The predicted octanol–water partition coefficient (Wildman–Crippen LogP) is 0.0378. The van der Waals surface area contributed by atoms with E-state index in [-0.39, 0.29) is 16.5 Å². The average molecular weight is 367 g/mol. The van der Waals surface area contributed by atoms with Gasteiger partial charge in [0.2, 0.25) is 5.91 Å². The van der Waals surface area contributed by atoms with Crippen LogP contribution < -0.4 is 10.9 Å². The molecule has 0 aromatic carbocycles. The van der Waals surface area contributed by atoms with Crippen molar-refractivity contribution in [2.24, 2.45) is 0 Å². The highest BCUT2D eigenvalue weighted by molar-refractivity contribution is 8.01. The monoisotopic (exact) mass is 367 g/mol. The average Bonchev–Trinajstić information content (AvgIpc) is 3.29. The van der Waals surface area contributed by atoms with Gasteiger partial charge in [-0.3, -0.25) is 25.2 Å². The molecule has 0 bridgehead atoms. The number of hydrogen-bond acceptors (Lipinski definition) is 7. The molecule has 1 aromatic rings. The third-order valence-electron chi connectivity index (χ3n) is 4.12. The lowest BCUT2D eigenvalue weighted by atomic mass is 10.2. The summed E-state index contributed by atoms with van der Waals surface area (Å²) >= 11 is 1.54. The number of furan rings is 1. The molecule has 0 spiro atoms. The summed E-state index contributed by atoms with van der Waals surface area (Å²) in [5, 5.41) is 0. The van der Waals surface area contributed by atoms with E-state index in [4.69, 9.17) is 9.15 Å². The van der Waals surface area contributed by atoms with E-state index in [1.165, 1.54) is 30.2 Å². The molecule has 134 valence electrons. The van der Waals surface area contributed by atoms with Crippen LogP contribution in [0, 0.1) is 0 Å². The Balaban J connectivity index is 1.45. The van der Waals surface area contributed by atoms with Crippen LogP contribution in [-0.2, 0) is 19.1 Å². The summed E-state index contributed by atoms with van der Waals surface area (Å²) in [7, 11) is 0. The standard InChI is InChI=1S/C15H17N3O6S/c1-15-5-4-12(20)18(15)9(8-25-15)14(22)24-7-11(19)16-17-13(21)10-3-2-6-23-10/h2-3,6,9H,4-5,7-8H2,1H3,(H,16,19)(H,17,21)/t9-,15+/m0/s1. The Morgan fingerprint density at radius 2 is 2.24 bits per heavy atom. The second-order valence-corrected chi connectivity index (χ2v) is 7.35. The summed E-state index contributed by atoms with van der Waals surface area (Å²) < 4.78 is 9.84. The van der Waals surface area contributed by atoms with E-state index >= 15 is 0 Å². The molecule has 2 saturated heterocycles. The number of rotatable bonds is 4. The molecule has 3 heterocycles. The number of carbonyl (C=O) groups is 4. The van der Waals surface area contributed by atoms with Gasteiger partial charge in [-0.1, -0.05) is 0 Å². The van der Waals surface area contributed by atoms with Gasteiger partial charge >= 0.3 is 11.9 Å². The van der Waals surface area contributed by atoms with E-state index in [1.807, 2.05) is 6.92 Å². The maximum Gasteiger partial charge on any atom is 0.330 e. The Bertz CT molecular complexity index is 706. The lowest BCUT2D eigenvalue weighted by molar-refractivity contribution is -0.156. The molecule has 10 heteroatoms. The van der Waals surface area contributed by atoms with Crippen molar-refractivity contribution in [3.05, 3.63) is 24.2 Å². The number of amides is 3. The van der Waals surface area contributed by atoms with Gasteiger partial charge in [0.1, 0.15) is 6.04 Å². The third kappa shape index (κ3) is 3.48. The quantitative estimate of drug-likeness (QED) is 0.570. The molecule has 2 aliphatic rings. The van der Waals surface area contributed by atoms with Crippen molar-refractivity contribution in [2.45, 2.75) is 30.7 Å². The van der Waals surface area contributed by atoms with E-state index in [1.54, 1.807) is 4.90 Å². The SMILES string of the molecule is C[C@@]12CCC(=O)N1[C@H](C(=O)OCC(=O)NNC(=O)c1ccco1)CS2. The third-order valence-corrected chi connectivity index (χ3v) is 5.63. The van der Waals surface area contributed by atoms with Crippen LogP contribution in [0.2, 0.25) is 0 Å². The molecular formula is C15H17N3O6S. The minimum Gasteiger partial charge on any atom is -0.459 e. The Labute approximate surface area is 147 Å². The highest BCUT2D eigenvalue weighted by Crippen LogP contribution is 2.47. The van der Waals surface area contributed by atoms with E-state index in [0.717, 1.165) is 0 Å². The molecule has 1 aromatic heterocycles. The number of esters is 1. The van der Waals surface area contributed by atoms with Crippen molar-refractivity contribution in [1.82, 2.24) is 15.8 Å². The smallest absolute Gasteiger partial charge is 0.330 e. The van der Waals surface area contributed by atoms with Crippen LogP contribution in [0.1, 0.15) is 30.3 Å². The van der Waals surface area contributed by atoms with Gasteiger partial charge in [-0.25, -0.2) is 4.79 Å².